The van der Waals surface area contributed by atoms with Crippen molar-refractivity contribution < 1.29 is 17.5 Å². The quantitative estimate of drug-likeness (QED) is 0.106. The van der Waals surface area contributed by atoms with Crippen LogP contribution in [0, 0.1) is 0 Å². The molecular weight excluding hydrogens is 430 g/mol. The molecule has 0 aromatic heterocycles. The summed E-state index contributed by atoms with van der Waals surface area (Å²) in [6.07, 6.45) is 20.6. The number of hydrogen-bond donors (Lipinski definition) is 1. The van der Waals surface area contributed by atoms with Crippen molar-refractivity contribution in [2.24, 2.45) is 0 Å². The number of rotatable bonds is 22. The molecule has 0 aliphatic heterocycles. The van der Waals surface area contributed by atoms with E-state index in [1.807, 2.05) is 6.07 Å². The summed E-state index contributed by atoms with van der Waals surface area (Å²) in [5.41, 5.74) is 1.33. The highest BCUT2D eigenvalue weighted by molar-refractivity contribution is 7.85. The first-order chi connectivity index (χ1) is 15.8. The van der Waals surface area contributed by atoms with Gasteiger partial charge in [0.2, 0.25) is 0 Å². The molecule has 0 heterocycles. The van der Waals surface area contributed by atoms with Crippen LogP contribution in [0.4, 0.5) is 0 Å². The van der Waals surface area contributed by atoms with Gasteiger partial charge < -0.3 is 4.48 Å². The third-order valence-corrected chi connectivity index (χ3v) is 7.74. The zero-order chi connectivity index (χ0) is 24.3. The fourth-order valence-corrected chi connectivity index (χ4v) is 5.19. The average Bonchev–Trinajstić information content (AvgIpc) is 2.78. The van der Waals surface area contributed by atoms with Crippen molar-refractivity contribution in [1.82, 2.24) is 0 Å². The van der Waals surface area contributed by atoms with Crippen molar-refractivity contribution in [3.63, 3.8) is 0 Å². The maximum atomic E-state index is 11.1. The second-order valence-electron chi connectivity index (χ2n) is 10.3. The van der Waals surface area contributed by atoms with Crippen molar-refractivity contribution in [3.8, 4) is 0 Å². The molecule has 1 atom stereocenters. The summed E-state index contributed by atoms with van der Waals surface area (Å²) in [6, 6.07) is 10.5. The Hall–Kier alpha value is -0.910. The minimum atomic E-state index is -3.87. The Kier molecular flexibility index (Phi) is 16.8. The van der Waals surface area contributed by atoms with E-state index in [2.05, 4.69) is 38.2 Å². The van der Waals surface area contributed by atoms with Gasteiger partial charge in [-0.2, -0.15) is 8.42 Å². The molecule has 4 nitrogen and oxygen atoms in total. The van der Waals surface area contributed by atoms with Crippen molar-refractivity contribution >= 4 is 10.1 Å². The van der Waals surface area contributed by atoms with Crippen LogP contribution in [0.15, 0.2) is 30.3 Å². The van der Waals surface area contributed by atoms with Crippen LogP contribution >= 0.6 is 0 Å². The van der Waals surface area contributed by atoms with Crippen LogP contribution in [0.1, 0.15) is 109 Å². The van der Waals surface area contributed by atoms with Gasteiger partial charge in [0.1, 0.15) is 0 Å². The van der Waals surface area contributed by atoms with Gasteiger partial charge in [-0.1, -0.05) is 114 Å². The van der Waals surface area contributed by atoms with Crippen LogP contribution in [-0.4, -0.2) is 49.9 Å². The van der Waals surface area contributed by atoms with Gasteiger partial charge in [-0.3, -0.25) is 4.55 Å². The van der Waals surface area contributed by atoms with E-state index in [9.17, 15) is 8.42 Å². The van der Waals surface area contributed by atoms with E-state index in [-0.39, 0.29) is 5.75 Å². The van der Waals surface area contributed by atoms with Crippen molar-refractivity contribution in [1.29, 1.82) is 0 Å². The summed E-state index contributed by atoms with van der Waals surface area (Å²) < 4.78 is 32.3. The second kappa shape index (κ2) is 18.4. The molecule has 1 aromatic rings. The highest BCUT2D eigenvalue weighted by Crippen LogP contribution is 2.15. The minimum Gasteiger partial charge on any atom is -0.326 e. The maximum absolute atomic E-state index is 11.1. The highest BCUT2D eigenvalue weighted by Gasteiger charge is 2.22. The molecular formula is C28H52NO3S+. The fraction of sp³-hybridized carbons (Fsp3) is 0.786. The molecule has 1 aromatic carbocycles. The van der Waals surface area contributed by atoms with Crippen LogP contribution in [0.3, 0.4) is 0 Å². The molecule has 0 amide bonds. The molecule has 0 spiro atoms. The molecule has 0 saturated carbocycles. The Morgan fingerprint density at radius 1 is 0.667 bits per heavy atom. The number of unbranched alkanes of at least 4 members (excludes halogenated alkanes) is 13. The van der Waals surface area contributed by atoms with E-state index >= 15 is 0 Å². The maximum Gasteiger partial charge on any atom is 0.265 e. The monoisotopic (exact) mass is 482 g/mol. The smallest absolute Gasteiger partial charge is 0.265 e. The normalized spacial score (nSPS) is 13.8. The molecule has 0 aliphatic rings. The zero-order valence-corrected chi connectivity index (χ0v) is 22.5. The molecule has 5 heteroatoms. The number of nitrogens with zero attached hydrogens (tertiary/aromatic N) is 1. The van der Waals surface area contributed by atoms with Crippen LogP contribution in [0.5, 0.6) is 0 Å². The van der Waals surface area contributed by atoms with E-state index in [1.54, 1.807) is 0 Å². The molecule has 0 aliphatic carbocycles. The standard InChI is InChI=1S/C28H51NO3S/c1-3-4-5-6-7-8-9-10-11-12-13-14-15-19-24-29(2,25-20-27-33(30,31)32)26-23-28-21-17-16-18-22-28/h16-18,21-22H,3-15,19-20,23-27H2,1-2H3/p+1. The lowest BCUT2D eigenvalue weighted by molar-refractivity contribution is -0.909. The van der Waals surface area contributed by atoms with E-state index in [1.165, 1.54) is 95.5 Å². The van der Waals surface area contributed by atoms with Crippen molar-refractivity contribution in [2.75, 3.05) is 32.4 Å². The van der Waals surface area contributed by atoms with Crippen LogP contribution in [-0.2, 0) is 16.5 Å². The predicted molar refractivity (Wildman–Crippen MR) is 142 cm³/mol. The molecule has 0 fully saturated rings. The SMILES string of the molecule is CCCCCCCCCCCCCCCC[N+](C)(CCCS(=O)(=O)O)CCc1ccccc1. The van der Waals surface area contributed by atoms with E-state index in [4.69, 9.17) is 4.55 Å². The third-order valence-electron chi connectivity index (χ3n) is 6.93. The molecule has 0 bridgehead atoms. The summed E-state index contributed by atoms with van der Waals surface area (Å²) in [4.78, 5) is 0. The third kappa shape index (κ3) is 18.1. The van der Waals surface area contributed by atoms with Gasteiger partial charge in [0.05, 0.1) is 32.4 Å². The summed E-state index contributed by atoms with van der Waals surface area (Å²) >= 11 is 0. The summed E-state index contributed by atoms with van der Waals surface area (Å²) in [6.45, 7) is 5.16. The molecule has 192 valence electrons. The van der Waals surface area contributed by atoms with Crippen LogP contribution < -0.4 is 0 Å². The van der Waals surface area contributed by atoms with E-state index in [0.29, 0.717) is 6.42 Å². The highest BCUT2D eigenvalue weighted by atomic mass is 32.2. The van der Waals surface area contributed by atoms with Gasteiger partial charge in [0, 0.05) is 12.8 Å². The van der Waals surface area contributed by atoms with Gasteiger partial charge in [-0.05, 0) is 18.4 Å². The molecule has 1 N–H and O–H groups in total. The van der Waals surface area contributed by atoms with Crippen LogP contribution in [0.2, 0.25) is 0 Å². The Bertz CT molecular complexity index is 678. The van der Waals surface area contributed by atoms with Crippen molar-refractivity contribution in [3.05, 3.63) is 35.9 Å². The van der Waals surface area contributed by atoms with E-state index in [0.717, 1.165) is 30.5 Å². The number of likely N-dealkylation sites (N-methyl/N-ethyl adjacent to an activating group) is 1. The molecule has 33 heavy (non-hydrogen) atoms. The Morgan fingerprint density at radius 2 is 1.12 bits per heavy atom. The Balaban J connectivity index is 2.18. The zero-order valence-electron chi connectivity index (χ0n) is 21.6. The van der Waals surface area contributed by atoms with Crippen molar-refractivity contribution in [2.45, 2.75) is 110 Å². The molecule has 0 saturated heterocycles. The number of hydrogen-bond acceptors (Lipinski definition) is 2. The largest absolute Gasteiger partial charge is 0.326 e. The lowest BCUT2D eigenvalue weighted by Gasteiger charge is -2.35. The lowest BCUT2D eigenvalue weighted by atomic mass is 10.0. The van der Waals surface area contributed by atoms with Gasteiger partial charge >= 0.3 is 0 Å². The van der Waals surface area contributed by atoms with Gasteiger partial charge in [-0.15, -0.1) is 0 Å². The first kappa shape index (κ1) is 30.1. The molecule has 1 rings (SSSR count). The summed E-state index contributed by atoms with van der Waals surface area (Å²) in [7, 11) is -1.63. The summed E-state index contributed by atoms with van der Waals surface area (Å²) in [5.74, 6) is -0.134. The lowest BCUT2D eigenvalue weighted by Crippen LogP contribution is -2.47. The number of quaternary nitrogens is 1. The topological polar surface area (TPSA) is 54.4 Å². The average molecular weight is 483 g/mol. The Labute approximate surface area is 205 Å². The predicted octanol–water partition coefficient (Wildman–Crippen LogP) is 7.43. The second-order valence-corrected chi connectivity index (χ2v) is 11.8. The fourth-order valence-electron chi connectivity index (χ4n) is 4.70. The van der Waals surface area contributed by atoms with Gasteiger partial charge in [0.15, 0.2) is 0 Å². The van der Waals surface area contributed by atoms with E-state index < -0.39 is 10.1 Å². The Morgan fingerprint density at radius 3 is 1.61 bits per heavy atom. The molecule has 0 radical (unpaired) electrons. The van der Waals surface area contributed by atoms with Gasteiger partial charge in [0.25, 0.3) is 10.1 Å². The summed E-state index contributed by atoms with van der Waals surface area (Å²) in [5, 5.41) is 0. The van der Waals surface area contributed by atoms with Crippen LogP contribution in [0.25, 0.3) is 0 Å². The first-order valence-corrected chi connectivity index (χ1v) is 15.3. The molecule has 1 unspecified atom stereocenters. The minimum absolute atomic E-state index is 0.134. The first-order valence-electron chi connectivity index (χ1n) is 13.7. The van der Waals surface area contributed by atoms with Gasteiger partial charge in [-0.25, -0.2) is 0 Å². The number of benzene rings is 1.